The van der Waals surface area contributed by atoms with E-state index >= 15 is 0 Å². The van der Waals surface area contributed by atoms with Crippen LogP contribution in [0.1, 0.15) is 37.6 Å². The Morgan fingerprint density at radius 1 is 1.41 bits per heavy atom. The quantitative estimate of drug-likeness (QED) is 0.869. The average Bonchev–Trinajstić information content (AvgIpc) is 2.32. The number of rotatable bonds is 3. The second-order valence-corrected chi connectivity index (χ2v) is 5.11. The van der Waals surface area contributed by atoms with Crippen molar-refractivity contribution in [3.63, 3.8) is 0 Å². The largest absolute Gasteiger partial charge is 0.329 e. The van der Waals surface area contributed by atoms with Crippen LogP contribution < -0.4 is 5.73 Å². The van der Waals surface area contributed by atoms with Gasteiger partial charge in [-0.2, -0.15) is 0 Å². The molecular weight excluding hydrogens is 210 g/mol. The lowest BCUT2D eigenvalue weighted by molar-refractivity contribution is 0.0878. The van der Waals surface area contributed by atoms with Gasteiger partial charge in [-0.1, -0.05) is 12.5 Å². The second kappa shape index (κ2) is 5.61. The Morgan fingerprint density at radius 2 is 2.24 bits per heavy atom. The van der Waals surface area contributed by atoms with Crippen LogP contribution >= 0.6 is 0 Å². The van der Waals surface area contributed by atoms with Gasteiger partial charge in [-0.25, -0.2) is 0 Å². The molecule has 1 fully saturated rings. The third-order valence-corrected chi connectivity index (χ3v) is 3.76. The van der Waals surface area contributed by atoms with E-state index in [0.717, 1.165) is 24.5 Å². The number of hydrogen-bond donors (Lipinski definition) is 1. The topological polar surface area (TPSA) is 42.1 Å². The molecule has 3 heteroatoms. The summed E-state index contributed by atoms with van der Waals surface area (Å²) in [6, 6.07) is 7.40. The van der Waals surface area contributed by atoms with Gasteiger partial charge in [0.15, 0.2) is 0 Å². The number of pyridine rings is 1. The smallest absolute Gasteiger partial charge is 0.0547 e. The first-order chi connectivity index (χ1) is 8.20. The Balaban J connectivity index is 2.09. The zero-order valence-electron chi connectivity index (χ0n) is 10.9. The molecule has 0 saturated carbocycles. The first kappa shape index (κ1) is 12.5. The summed E-state index contributed by atoms with van der Waals surface area (Å²) < 4.78 is 0. The fourth-order valence-electron chi connectivity index (χ4n) is 2.75. The number of nitrogens with two attached hydrogens (primary N) is 1. The summed E-state index contributed by atoms with van der Waals surface area (Å²) in [7, 11) is 0. The maximum absolute atomic E-state index is 5.88. The van der Waals surface area contributed by atoms with Gasteiger partial charge in [0.25, 0.3) is 0 Å². The molecule has 1 saturated heterocycles. The molecule has 2 unspecified atom stereocenters. The minimum atomic E-state index is 0.529. The standard InChI is InChI=1S/C14H23N3/c1-11-5-3-7-13(16-11)10-17-12(2)6-4-8-14(17)9-15/h3,5,7,12,14H,4,6,8-10,15H2,1-2H3. The van der Waals surface area contributed by atoms with Crippen LogP contribution in [0.25, 0.3) is 0 Å². The molecule has 1 aliphatic heterocycles. The predicted molar refractivity (Wildman–Crippen MR) is 70.7 cm³/mol. The monoisotopic (exact) mass is 233 g/mol. The highest BCUT2D eigenvalue weighted by atomic mass is 15.2. The highest BCUT2D eigenvalue weighted by molar-refractivity contribution is 5.10. The molecular formula is C14H23N3. The lowest BCUT2D eigenvalue weighted by Gasteiger charge is -2.40. The third kappa shape index (κ3) is 3.05. The molecule has 0 aliphatic carbocycles. The summed E-state index contributed by atoms with van der Waals surface area (Å²) in [4.78, 5) is 7.11. The Bertz CT molecular complexity index is 364. The predicted octanol–water partition coefficient (Wildman–Crippen LogP) is 2.09. The van der Waals surface area contributed by atoms with Gasteiger partial charge in [-0.05, 0) is 38.8 Å². The van der Waals surface area contributed by atoms with Gasteiger partial charge in [0.1, 0.15) is 0 Å². The molecule has 1 aliphatic rings. The van der Waals surface area contributed by atoms with E-state index in [4.69, 9.17) is 5.73 Å². The van der Waals surface area contributed by atoms with Gasteiger partial charge >= 0.3 is 0 Å². The van der Waals surface area contributed by atoms with Crippen LogP contribution in [0.2, 0.25) is 0 Å². The lowest BCUT2D eigenvalue weighted by atomic mass is 9.96. The van der Waals surface area contributed by atoms with Crippen molar-refractivity contribution >= 4 is 0 Å². The van der Waals surface area contributed by atoms with Crippen LogP contribution in [0.15, 0.2) is 18.2 Å². The normalized spacial score (nSPS) is 26.1. The number of hydrogen-bond acceptors (Lipinski definition) is 3. The summed E-state index contributed by atoms with van der Waals surface area (Å²) >= 11 is 0. The first-order valence-corrected chi connectivity index (χ1v) is 6.59. The Hall–Kier alpha value is -0.930. The molecule has 1 aromatic heterocycles. The van der Waals surface area contributed by atoms with Crippen molar-refractivity contribution in [2.45, 2.75) is 51.7 Å². The van der Waals surface area contributed by atoms with Gasteiger partial charge < -0.3 is 5.73 Å². The van der Waals surface area contributed by atoms with Gasteiger partial charge in [0.2, 0.25) is 0 Å². The molecule has 94 valence electrons. The summed E-state index contributed by atoms with van der Waals surface area (Å²) in [5.74, 6) is 0. The number of aryl methyl sites for hydroxylation is 1. The fourth-order valence-corrected chi connectivity index (χ4v) is 2.75. The van der Waals surface area contributed by atoms with E-state index in [1.807, 2.05) is 13.0 Å². The van der Waals surface area contributed by atoms with Gasteiger partial charge in [-0.3, -0.25) is 9.88 Å². The van der Waals surface area contributed by atoms with Crippen LogP contribution in [0.5, 0.6) is 0 Å². The molecule has 17 heavy (non-hydrogen) atoms. The number of likely N-dealkylation sites (tertiary alicyclic amines) is 1. The van der Waals surface area contributed by atoms with Crippen molar-refractivity contribution in [3.8, 4) is 0 Å². The van der Waals surface area contributed by atoms with Crippen LogP contribution in [0.4, 0.5) is 0 Å². The zero-order chi connectivity index (χ0) is 12.3. The van der Waals surface area contributed by atoms with Crippen LogP contribution in [0, 0.1) is 6.92 Å². The average molecular weight is 233 g/mol. The third-order valence-electron chi connectivity index (χ3n) is 3.76. The summed E-state index contributed by atoms with van der Waals surface area (Å²) in [6.45, 7) is 6.04. The molecule has 2 rings (SSSR count). The number of aromatic nitrogens is 1. The molecule has 0 aromatic carbocycles. The van der Waals surface area contributed by atoms with Crippen molar-refractivity contribution in [2.24, 2.45) is 5.73 Å². The van der Waals surface area contributed by atoms with E-state index in [-0.39, 0.29) is 0 Å². The lowest BCUT2D eigenvalue weighted by Crippen LogP contribution is -2.48. The Morgan fingerprint density at radius 3 is 2.94 bits per heavy atom. The minimum Gasteiger partial charge on any atom is -0.329 e. The Kier molecular flexibility index (Phi) is 4.13. The molecule has 0 radical (unpaired) electrons. The van der Waals surface area contributed by atoms with Crippen molar-refractivity contribution in [1.29, 1.82) is 0 Å². The van der Waals surface area contributed by atoms with Crippen molar-refractivity contribution in [1.82, 2.24) is 9.88 Å². The molecule has 0 amide bonds. The van der Waals surface area contributed by atoms with Gasteiger partial charge in [0.05, 0.1) is 5.69 Å². The van der Waals surface area contributed by atoms with E-state index in [9.17, 15) is 0 Å². The van der Waals surface area contributed by atoms with Crippen LogP contribution in [-0.4, -0.2) is 28.5 Å². The van der Waals surface area contributed by atoms with Crippen molar-refractivity contribution < 1.29 is 0 Å². The molecule has 2 N–H and O–H groups in total. The number of nitrogens with zero attached hydrogens (tertiary/aromatic N) is 2. The SMILES string of the molecule is Cc1cccc(CN2C(C)CCCC2CN)n1. The second-order valence-electron chi connectivity index (χ2n) is 5.11. The first-order valence-electron chi connectivity index (χ1n) is 6.59. The summed E-state index contributed by atoms with van der Waals surface area (Å²) in [6.07, 6.45) is 3.82. The highest BCUT2D eigenvalue weighted by Crippen LogP contribution is 2.23. The fraction of sp³-hybridized carbons (Fsp3) is 0.643. The highest BCUT2D eigenvalue weighted by Gasteiger charge is 2.26. The minimum absolute atomic E-state index is 0.529. The zero-order valence-corrected chi connectivity index (χ0v) is 10.9. The van der Waals surface area contributed by atoms with E-state index in [2.05, 4.69) is 28.9 Å². The van der Waals surface area contributed by atoms with Crippen molar-refractivity contribution in [3.05, 3.63) is 29.6 Å². The summed E-state index contributed by atoms with van der Waals surface area (Å²) in [5, 5.41) is 0. The molecule has 2 heterocycles. The molecule has 1 aromatic rings. The Labute approximate surface area is 104 Å². The van der Waals surface area contributed by atoms with E-state index < -0.39 is 0 Å². The van der Waals surface area contributed by atoms with Crippen LogP contribution in [-0.2, 0) is 6.54 Å². The van der Waals surface area contributed by atoms with Gasteiger partial charge in [-0.15, -0.1) is 0 Å². The molecule has 3 nitrogen and oxygen atoms in total. The van der Waals surface area contributed by atoms with Gasteiger partial charge in [0, 0.05) is 30.9 Å². The van der Waals surface area contributed by atoms with E-state index in [1.54, 1.807) is 0 Å². The van der Waals surface area contributed by atoms with E-state index in [0.29, 0.717) is 12.1 Å². The maximum atomic E-state index is 5.88. The molecule has 2 atom stereocenters. The van der Waals surface area contributed by atoms with Crippen molar-refractivity contribution in [2.75, 3.05) is 6.54 Å². The maximum Gasteiger partial charge on any atom is 0.0547 e. The molecule has 0 bridgehead atoms. The number of piperidine rings is 1. The van der Waals surface area contributed by atoms with Crippen LogP contribution in [0.3, 0.4) is 0 Å². The summed E-state index contributed by atoms with van der Waals surface area (Å²) in [5.41, 5.74) is 8.14. The van der Waals surface area contributed by atoms with E-state index in [1.165, 1.54) is 19.3 Å². The molecule has 0 spiro atoms.